The predicted octanol–water partition coefficient (Wildman–Crippen LogP) is 0.300. The second-order valence-electron chi connectivity index (χ2n) is 3.18. The van der Waals surface area contributed by atoms with Crippen LogP contribution in [0.4, 0.5) is 0 Å². The van der Waals surface area contributed by atoms with E-state index < -0.39 is 0 Å². The predicted molar refractivity (Wildman–Crippen MR) is 57.4 cm³/mol. The molecule has 0 saturated heterocycles. The Morgan fingerprint density at radius 3 is 2.71 bits per heavy atom. The van der Waals surface area contributed by atoms with Gasteiger partial charge in [0.2, 0.25) is 0 Å². The van der Waals surface area contributed by atoms with Gasteiger partial charge in [0.1, 0.15) is 0 Å². The summed E-state index contributed by atoms with van der Waals surface area (Å²) in [6.07, 6.45) is 6.30. The number of imidazole rings is 1. The summed E-state index contributed by atoms with van der Waals surface area (Å²) in [5.74, 6) is 0. The van der Waals surface area contributed by atoms with Gasteiger partial charge in [-0.25, -0.2) is 0 Å². The molecule has 0 amide bonds. The summed E-state index contributed by atoms with van der Waals surface area (Å²) in [5, 5.41) is 0. The number of hydrogen-bond donors (Lipinski definition) is 0. The van der Waals surface area contributed by atoms with Crippen LogP contribution in [0.1, 0.15) is 0 Å². The van der Waals surface area contributed by atoms with E-state index in [1.165, 1.54) is 4.46 Å². The van der Waals surface area contributed by atoms with Crippen molar-refractivity contribution in [1.82, 2.24) is 4.57 Å². The Bertz CT molecular complexity index is 395. The van der Waals surface area contributed by atoms with Crippen LogP contribution >= 0.6 is 0 Å². The van der Waals surface area contributed by atoms with Crippen molar-refractivity contribution >= 4 is 19.4 Å². The van der Waals surface area contributed by atoms with Gasteiger partial charge >= 0.3 is 90.1 Å². The Morgan fingerprint density at radius 1 is 1.29 bits per heavy atom. The van der Waals surface area contributed by atoms with Gasteiger partial charge in [-0.3, -0.25) is 0 Å². The summed E-state index contributed by atoms with van der Waals surface area (Å²) in [6.45, 7) is 0. The average molecular weight is 252 g/mol. The Labute approximate surface area is 90.3 Å². The van der Waals surface area contributed by atoms with E-state index in [0.717, 1.165) is 5.44 Å². The molecule has 1 aromatic heterocycles. The van der Waals surface area contributed by atoms with Crippen LogP contribution < -0.4 is 9.03 Å². The first-order valence-corrected chi connectivity index (χ1v) is 6.60. The number of aromatic nitrogens is 2. The van der Waals surface area contributed by atoms with Crippen molar-refractivity contribution in [2.24, 2.45) is 7.05 Å². The molecule has 1 heterocycles. The first-order valence-electron chi connectivity index (χ1n) is 4.53. The van der Waals surface area contributed by atoms with Crippen LogP contribution in [-0.4, -0.2) is 19.5 Å². The molecule has 0 atom stereocenters. The van der Waals surface area contributed by atoms with Crippen molar-refractivity contribution in [2.75, 3.05) is 0 Å². The molecule has 0 fully saturated rings. The second-order valence-corrected chi connectivity index (χ2v) is 5.32. The van der Waals surface area contributed by atoms with E-state index in [2.05, 4.69) is 58.2 Å². The van der Waals surface area contributed by atoms with Crippen LogP contribution in [0.2, 0.25) is 0 Å². The molecule has 1 aromatic carbocycles. The van der Waals surface area contributed by atoms with E-state index in [1.54, 1.807) is 0 Å². The van der Waals surface area contributed by atoms with Gasteiger partial charge in [0.05, 0.1) is 0 Å². The van der Waals surface area contributed by atoms with Crippen molar-refractivity contribution in [2.45, 2.75) is 5.44 Å². The number of benzene rings is 1. The van der Waals surface area contributed by atoms with E-state index in [9.17, 15) is 0 Å². The van der Waals surface area contributed by atoms with E-state index in [1.807, 2.05) is 7.05 Å². The summed E-state index contributed by atoms with van der Waals surface area (Å²) in [5.41, 5.74) is 1.11. The van der Waals surface area contributed by atoms with Gasteiger partial charge in [0.15, 0.2) is 0 Å². The molecule has 0 saturated carbocycles. The minimum absolute atomic E-state index is 0.535. The van der Waals surface area contributed by atoms with Crippen LogP contribution in [0.3, 0.4) is 0 Å². The zero-order valence-corrected chi connectivity index (χ0v) is 9.84. The zero-order chi connectivity index (χ0) is 9.80. The number of rotatable bonds is 3. The topological polar surface area (TPSA) is 8.81 Å². The third kappa shape index (κ3) is 2.47. The maximum absolute atomic E-state index is 2.23. The third-order valence-electron chi connectivity index (χ3n) is 1.95. The molecule has 0 aliphatic heterocycles. The Hall–Kier alpha value is -1.05. The average Bonchev–Trinajstić information content (AvgIpc) is 2.63. The van der Waals surface area contributed by atoms with Crippen LogP contribution in [0.5, 0.6) is 0 Å². The Kier molecular flexibility index (Phi) is 3.02. The molecule has 14 heavy (non-hydrogen) atoms. The first-order chi connectivity index (χ1) is 6.84. The molecular formula is C11H13N2Se+. The molecule has 0 bridgehead atoms. The zero-order valence-electron chi connectivity index (χ0n) is 8.13. The molecule has 0 unspecified atom stereocenters. The van der Waals surface area contributed by atoms with Gasteiger partial charge in [0.25, 0.3) is 0 Å². The van der Waals surface area contributed by atoms with Crippen LogP contribution in [0.15, 0.2) is 49.1 Å². The van der Waals surface area contributed by atoms with Crippen molar-refractivity contribution in [3.8, 4) is 0 Å². The molecule has 2 rings (SSSR count). The van der Waals surface area contributed by atoms with E-state index in [4.69, 9.17) is 0 Å². The normalized spacial score (nSPS) is 10.4. The van der Waals surface area contributed by atoms with Gasteiger partial charge < -0.3 is 0 Å². The van der Waals surface area contributed by atoms with Gasteiger partial charge in [-0.2, -0.15) is 0 Å². The first kappa shape index (κ1) is 9.50. The van der Waals surface area contributed by atoms with E-state index >= 15 is 0 Å². The quantitative estimate of drug-likeness (QED) is 0.549. The maximum atomic E-state index is 2.23. The Morgan fingerprint density at radius 2 is 2.07 bits per heavy atom. The molecule has 0 spiro atoms. The van der Waals surface area contributed by atoms with E-state index in [0.29, 0.717) is 15.0 Å². The fraction of sp³-hybridized carbons (Fsp3) is 0.182. The van der Waals surface area contributed by atoms with Crippen molar-refractivity contribution in [3.05, 3.63) is 49.1 Å². The van der Waals surface area contributed by atoms with Gasteiger partial charge in [-0.05, 0) is 0 Å². The Balaban J connectivity index is 1.95. The molecular weight excluding hydrogens is 239 g/mol. The third-order valence-corrected chi connectivity index (χ3v) is 4.11. The van der Waals surface area contributed by atoms with Gasteiger partial charge in [-0.15, -0.1) is 0 Å². The number of hydrogen-bond acceptors (Lipinski definition) is 0. The van der Waals surface area contributed by atoms with Crippen LogP contribution in [-0.2, 0) is 12.5 Å². The standard InChI is InChI=1S/C11H13N2Se/c1-12-7-8-13(9-12)10-14-11-5-3-2-4-6-11/h2-9H,10H2,1H3/q+1. The summed E-state index contributed by atoms with van der Waals surface area (Å²) in [7, 11) is 2.05. The van der Waals surface area contributed by atoms with Crippen LogP contribution in [0.25, 0.3) is 0 Å². The number of aryl methyl sites for hydroxylation is 1. The van der Waals surface area contributed by atoms with E-state index in [-0.39, 0.29) is 0 Å². The fourth-order valence-electron chi connectivity index (χ4n) is 1.24. The second kappa shape index (κ2) is 4.45. The number of nitrogens with zero attached hydrogens (tertiary/aromatic N) is 2. The molecule has 0 radical (unpaired) electrons. The SMILES string of the molecule is C[n+]1ccn(C[Se]c2ccccc2)c1. The fourth-order valence-corrected chi connectivity index (χ4v) is 2.92. The minimum atomic E-state index is 0.535. The molecule has 2 nitrogen and oxygen atoms in total. The molecule has 0 aliphatic carbocycles. The summed E-state index contributed by atoms with van der Waals surface area (Å²) in [6, 6.07) is 10.7. The summed E-state index contributed by atoms with van der Waals surface area (Å²) >= 11 is 0.535. The monoisotopic (exact) mass is 253 g/mol. The van der Waals surface area contributed by atoms with Crippen molar-refractivity contribution < 1.29 is 4.57 Å². The molecule has 0 aliphatic rings. The van der Waals surface area contributed by atoms with Crippen molar-refractivity contribution in [1.29, 1.82) is 0 Å². The van der Waals surface area contributed by atoms with Gasteiger partial charge in [-0.1, -0.05) is 0 Å². The molecule has 3 heteroatoms. The molecule has 72 valence electrons. The summed E-state index contributed by atoms with van der Waals surface area (Å²) < 4.78 is 5.75. The summed E-state index contributed by atoms with van der Waals surface area (Å²) in [4.78, 5) is 0. The van der Waals surface area contributed by atoms with Crippen LogP contribution in [0, 0.1) is 0 Å². The van der Waals surface area contributed by atoms with Crippen molar-refractivity contribution in [3.63, 3.8) is 0 Å². The van der Waals surface area contributed by atoms with Gasteiger partial charge in [0, 0.05) is 0 Å². The molecule has 0 N–H and O–H groups in total. The molecule has 2 aromatic rings.